The Morgan fingerprint density at radius 2 is 2.00 bits per heavy atom. The van der Waals surface area contributed by atoms with Crippen molar-refractivity contribution in [1.82, 2.24) is 4.90 Å². The molecule has 0 saturated carbocycles. The Balaban J connectivity index is 2.00. The topological polar surface area (TPSA) is 55.8 Å². The molecule has 5 heteroatoms. The quantitative estimate of drug-likeness (QED) is 0.800. The van der Waals surface area contributed by atoms with Gasteiger partial charge in [-0.1, -0.05) is 30.3 Å². The Bertz CT molecular complexity index is 524. The number of piperidine rings is 1. The number of aldehydes is 1. The van der Waals surface area contributed by atoms with Crippen molar-refractivity contribution in [2.45, 2.75) is 58.0 Å². The maximum Gasteiger partial charge on any atom is 0.410 e. The highest BCUT2D eigenvalue weighted by Gasteiger charge is 2.37. The average molecular weight is 319 g/mol. The summed E-state index contributed by atoms with van der Waals surface area (Å²) in [6, 6.07) is 9.20. The number of carbonyl (C=O) groups is 2. The fourth-order valence-corrected chi connectivity index (χ4v) is 2.64. The van der Waals surface area contributed by atoms with Crippen molar-refractivity contribution in [3.05, 3.63) is 35.9 Å². The Hall–Kier alpha value is -1.88. The molecule has 0 aromatic heterocycles. The van der Waals surface area contributed by atoms with E-state index in [0.29, 0.717) is 13.2 Å². The second kappa shape index (κ2) is 7.59. The molecule has 23 heavy (non-hydrogen) atoms. The van der Waals surface area contributed by atoms with Crippen LogP contribution in [-0.4, -0.2) is 41.6 Å². The minimum Gasteiger partial charge on any atom is -0.444 e. The summed E-state index contributed by atoms with van der Waals surface area (Å²) in [6.07, 6.45) is 1.59. The van der Waals surface area contributed by atoms with Gasteiger partial charge in [0.25, 0.3) is 0 Å². The van der Waals surface area contributed by atoms with Gasteiger partial charge in [-0.25, -0.2) is 4.79 Å². The van der Waals surface area contributed by atoms with Crippen molar-refractivity contribution in [3.63, 3.8) is 0 Å². The third-order valence-corrected chi connectivity index (χ3v) is 3.70. The van der Waals surface area contributed by atoms with Gasteiger partial charge in [0.1, 0.15) is 17.9 Å². The minimum atomic E-state index is -0.595. The molecule has 0 bridgehead atoms. The molecule has 1 amide bonds. The molecule has 2 rings (SSSR count). The predicted molar refractivity (Wildman–Crippen MR) is 87.0 cm³/mol. The number of likely N-dealkylation sites (tertiary alicyclic amines) is 1. The second-order valence-electron chi connectivity index (χ2n) is 6.78. The van der Waals surface area contributed by atoms with Crippen molar-refractivity contribution in [2.75, 3.05) is 6.54 Å². The first kappa shape index (κ1) is 17.5. The van der Waals surface area contributed by atoms with Crippen LogP contribution in [0.5, 0.6) is 0 Å². The number of hydrogen-bond donors (Lipinski definition) is 0. The van der Waals surface area contributed by atoms with E-state index in [9.17, 15) is 9.59 Å². The normalized spacial score (nSPS) is 21.8. The maximum absolute atomic E-state index is 12.3. The summed E-state index contributed by atoms with van der Waals surface area (Å²) in [7, 11) is 0. The first-order valence-electron chi connectivity index (χ1n) is 8.01. The zero-order valence-electron chi connectivity index (χ0n) is 14.0. The molecule has 1 saturated heterocycles. The third kappa shape index (κ3) is 5.06. The summed E-state index contributed by atoms with van der Waals surface area (Å²) in [5, 5.41) is 0. The summed E-state index contributed by atoms with van der Waals surface area (Å²) < 4.78 is 11.3. The number of carbonyl (C=O) groups excluding carboxylic acids is 2. The summed E-state index contributed by atoms with van der Waals surface area (Å²) in [4.78, 5) is 25.3. The average Bonchev–Trinajstić information content (AvgIpc) is 2.51. The van der Waals surface area contributed by atoms with Crippen LogP contribution >= 0.6 is 0 Å². The molecule has 126 valence electrons. The van der Waals surface area contributed by atoms with Gasteiger partial charge in [-0.05, 0) is 39.2 Å². The number of nitrogens with zero attached hydrogens (tertiary/aromatic N) is 1. The second-order valence-corrected chi connectivity index (χ2v) is 6.78. The summed E-state index contributed by atoms with van der Waals surface area (Å²) in [5.74, 6) is 0. The summed E-state index contributed by atoms with van der Waals surface area (Å²) >= 11 is 0. The van der Waals surface area contributed by atoms with Crippen LogP contribution in [-0.2, 0) is 20.9 Å². The highest BCUT2D eigenvalue weighted by Crippen LogP contribution is 2.23. The molecule has 0 aliphatic carbocycles. The zero-order valence-corrected chi connectivity index (χ0v) is 14.0. The largest absolute Gasteiger partial charge is 0.444 e. The lowest BCUT2D eigenvalue weighted by molar-refractivity contribution is -0.122. The number of benzene rings is 1. The van der Waals surface area contributed by atoms with Crippen LogP contribution in [0.15, 0.2) is 30.3 Å². The fraction of sp³-hybridized carbons (Fsp3) is 0.556. The van der Waals surface area contributed by atoms with Crippen LogP contribution in [0.4, 0.5) is 4.79 Å². The molecule has 1 aliphatic heterocycles. The highest BCUT2D eigenvalue weighted by atomic mass is 16.6. The van der Waals surface area contributed by atoms with E-state index in [1.54, 1.807) is 0 Å². The van der Waals surface area contributed by atoms with Crippen LogP contribution in [0.2, 0.25) is 0 Å². The first-order chi connectivity index (χ1) is 10.9. The van der Waals surface area contributed by atoms with Crippen molar-refractivity contribution in [3.8, 4) is 0 Å². The molecule has 0 spiro atoms. The fourth-order valence-electron chi connectivity index (χ4n) is 2.64. The molecule has 0 unspecified atom stereocenters. The van der Waals surface area contributed by atoms with Gasteiger partial charge in [0, 0.05) is 6.54 Å². The summed E-state index contributed by atoms with van der Waals surface area (Å²) in [5.41, 5.74) is 0.467. The van der Waals surface area contributed by atoms with Gasteiger partial charge in [-0.2, -0.15) is 0 Å². The van der Waals surface area contributed by atoms with Crippen molar-refractivity contribution < 1.29 is 19.1 Å². The molecule has 1 aromatic rings. The number of ether oxygens (including phenoxy) is 2. The van der Waals surface area contributed by atoms with Crippen LogP contribution in [0.1, 0.15) is 39.2 Å². The molecular formula is C18H25NO4. The predicted octanol–water partition coefficient (Wildman–Crippen LogP) is 3.17. The number of amides is 1. The first-order valence-corrected chi connectivity index (χ1v) is 8.01. The smallest absolute Gasteiger partial charge is 0.410 e. The van der Waals surface area contributed by atoms with Gasteiger partial charge < -0.3 is 14.3 Å². The lowest BCUT2D eigenvalue weighted by atomic mass is 10.00. The van der Waals surface area contributed by atoms with Crippen molar-refractivity contribution in [2.24, 2.45) is 0 Å². The van der Waals surface area contributed by atoms with E-state index in [1.165, 1.54) is 4.90 Å². The number of hydrogen-bond acceptors (Lipinski definition) is 4. The minimum absolute atomic E-state index is 0.297. The van der Waals surface area contributed by atoms with Crippen LogP contribution in [0, 0.1) is 0 Å². The highest BCUT2D eigenvalue weighted by molar-refractivity contribution is 5.74. The van der Waals surface area contributed by atoms with Gasteiger partial charge in [-0.3, -0.25) is 4.90 Å². The Kier molecular flexibility index (Phi) is 5.77. The van der Waals surface area contributed by atoms with Crippen LogP contribution < -0.4 is 0 Å². The van der Waals surface area contributed by atoms with Crippen molar-refractivity contribution >= 4 is 12.4 Å². The van der Waals surface area contributed by atoms with Gasteiger partial charge in [-0.15, -0.1) is 0 Å². The van der Waals surface area contributed by atoms with Crippen molar-refractivity contribution in [1.29, 1.82) is 0 Å². The zero-order chi connectivity index (χ0) is 16.9. The lowest BCUT2D eigenvalue weighted by Crippen LogP contribution is -2.53. The molecule has 0 N–H and O–H groups in total. The third-order valence-electron chi connectivity index (χ3n) is 3.70. The van der Waals surface area contributed by atoms with E-state index in [0.717, 1.165) is 24.7 Å². The monoisotopic (exact) mass is 319 g/mol. The molecule has 0 radical (unpaired) electrons. The molecule has 5 nitrogen and oxygen atoms in total. The van der Waals surface area contributed by atoms with Gasteiger partial charge in [0.2, 0.25) is 0 Å². The molecule has 1 heterocycles. The molecular weight excluding hydrogens is 294 g/mol. The Labute approximate surface area is 137 Å². The Morgan fingerprint density at radius 1 is 1.30 bits per heavy atom. The molecule has 1 aromatic carbocycles. The molecule has 1 fully saturated rings. The van der Waals surface area contributed by atoms with E-state index in [-0.39, 0.29) is 6.10 Å². The van der Waals surface area contributed by atoms with Gasteiger partial charge >= 0.3 is 6.09 Å². The van der Waals surface area contributed by atoms with E-state index in [1.807, 2.05) is 51.1 Å². The van der Waals surface area contributed by atoms with E-state index in [2.05, 4.69) is 0 Å². The van der Waals surface area contributed by atoms with Gasteiger partial charge in [0.05, 0.1) is 12.7 Å². The van der Waals surface area contributed by atoms with Crippen LogP contribution in [0.3, 0.4) is 0 Å². The lowest BCUT2D eigenvalue weighted by Gasteiger charge is -2.38. The SMILES string of the molecule is CC(C)(C)OC(=O)N1CCC[C@@H](OCc2ccccc2)[C@@H]1C=O. The number of rotatable bonds is 4. The molecule has 2 atom stereocenters. The van der Waals surface area contributed by atoms with E-state index < -0.39 is 17.7 Å². The standard InChI is InChI=1S/C18H25NO4/c1-18(2,3)23-17(21)19-11-7-10-16(15(19)12-20)22-13-14-8-5-4-6-9-14/h4-6,8-9,12,15-16H,7,10-11,13H2,1-3H3/t15-,16+/m0/s1. The molecule has 1 aliphatic rings. The van der Waals surface area contributed by atoms with E-state index in [4.69, 9.17) is 9.47 Å². The Morgan fingerprint density at radius 3 is 2.61 bits per heavy atom. The van der Waals surface area contributed by atoms with Crippen LogP contribution in [0.25, 0.3) is 0 Å². The maximum atomic E-state index is 12.3. The summed E-state index contributed by atoms with van der Waals surface area (Å²) in [6.45, 7) is 6.39. The van der Waals surface area contributed by atoms with E-state index >= 15 is 0 Å². The van der Waals surface area contributed by atoms with Gasteiger partial charge in [0.15, 0.2) is 0 Å².